The van der Waals surface area contributed by atoms with Gasteiger partial charge in [-0.3, -0.25) is 0 Å². The third-order valence-electron chi connectivity index (χ3n) is 2.97. The quantitative estimate of drug-likeness (QED) is 0.708. The van der Waals surface area contributed by atoms with E-state index in [0.717, 1.165) is 23.2 Å². The standard InChI is InChI=1S/C15H17NO/c1-2-3-4-5-6-14-10-13-9-12(11-16)7-8-15(13)17-14/h7-10H,2-6H2,1H3. The first-order chi connectivity index (χ1) is 8.33. The average molecular weight is 227 g/mol. The van der Waals surface area contributed by atoms with Gasteiger partial charge in [0.1, 0.15) is 11.3 Å². The minimum absolute atomic E-state index is 0.691. The van der Waals surface area contributed by atoms with E-state index < -0.39 is 0 Å². The van der Waals surface area contributed by atoms with Gasteiger partial charge in [0, 0.05) is 11.8 Å². The van der Waals surface area contributed by atoms with Crippen molar-refractivity contribution in [3.05, 3.63) is 35.6 Å². The number of nitrogens with zero attached hydrogens (tertiary/aromatic N) is 1. The van der Waals surface area contributed by atoms with E-state index in [4.69, 9.17) is 9.68 Å². The molecule has 0 atom stereocenters. The summed E-state index contributed by atoms with van der Waals surface area (Å²) in [5, 5.41) is 9.86. The van der Waals surface area contributed by atoms with Crippen LogP contribution in [0.2, 0.25) is 0 Å². The molecule has 0 aliphatic heterocycles. The summed E-state index contributed by atoms with van der Waals surface area (Å²) in [6.45, 7) is 2.21. The van der Waals surface area contributed by atoms with E-state index in [1.54, 1.807) is 6.07 Å². The number of hydrogen-bond donors (Lipinski definition) is 0. The molecule has 0 saturated carbocycles. The normalized spacial score (nSPS) is 10.6. The molecule has 1 aromatic heterocycles. The number of fused-ring (bicyclic) bond motifs is 1. The highest BCUT2D eigenvalue weighted by Crippen LogP contribution is 2.22. The van der Waals surface area contributed by atoms with Crippen molar-refractivity contribution in [3.63, 3.8) is 0 Å². The van der Waals surface area contributed by atoms with Crippen LogP contribution in [0.3, 0.4) is 0 Å². The molecule has 0 amide bonds. The Hall–Kier alpha value is -1.75. The van der Waals surface area contributed by atoms with E-state index in [9.17, 15) is 0 Å². The topological polar surface area (TPSA) is 36.9 Å². The van der Waals surface area contributed by atoms with Gasteiger partial charge in [0.2, 0.25) is 0 Å². The molecule has 0 radical (unpaired) electrons. The fourth-order valence-electron chi connectivity index (χ4n) is 2.02. The van der Waals surface area contributed by atoms with E-state index in [1.165, 1.54) is 25.7 Å². The van der Waals surface area contributed by atoms with Crippen LogP contribution in [-0.2, 0) is 6.42 Å². The lowest BCUT2D eigenvalue weighted by molar-refractivity contribution is 0.527. The second-order valence-corrected chi connectivity index (χ2v) is 4.39. The van der Waals surface area contributed by atoms with Crippen molar-refractivity contribution < 1.29 is 4.42 Å². The van der Waals surface area contributed by atoms with E-state index in [2.05, 4.69) is 19.1 Å². The minimum Gasteiger partial charge on any atom is -0.461 e. The molecule has 0 spiro atoms. The third-order valence-corrected chi connectivity index (χ3v) is 2.97. The number of aryl methyl sites for hydroxylation is 1. The van der Waals surface area contributed by atoms with E-state index >= 15 is 0 Å². The van der Waals surface area contributed by atoms with E-state index in [0.29, 0.717) is 5.56 Å². The number of hydrogen-bond acceptors (Lipinski definition) is 2. The van der Waals surface area contributed by atoms with Crippen molar-refractivity contribution in [1.29, 1.82) is 5.26 Å². The van der Waals surface area contributed by atoms with Gasteiger partial charge < -0.3 is 4.42 Å². The molecule has 0 aliphatic rings. The van der Waals surface area contributed by atoms with Crippen LogP contribution >= 0.6 is 0 Å². The Balaban J connectivity index is 2.07. The predicted molar refractivity (Wildman–Crippen MR) is 68.8 cm³/mol. The Morgan fingerprint density at radius 2 is 2.06 bits per heavy atom. The molecule has 17 heavy (non-hydrogen) atoms. The molecule has 1 aromatic carbocycles. The van der Waals surface area contributed by atoms with Crippen molar-refractivity contribution >= 4 is 11.0 Å². The minimum atomic E-state index is 0.691. The fourth-order valence-corrected chi connectivity index (χ4v) is 2.02. The number of unbranched alkanes of at least 4 members (excludes halogenated alkanes) is 3. The van der Waals surface area contributed by atoms with Gasteiger partial charge in [0.15, 0.2) is 0 Å². The predicted octanol–water partition coefficient (Wildman–Crippen LogP) is 4.43. The Bertz CT molecular complexity index is 533. The SMILES string of the molecule is CCCCCCc1cc2cc(C#N)ccc2o1. The number of benzene rings is 1. The van der Waals surface area contributed by atoms with Crippen LogP contribution in [-0.4, -0.2) is 0 Å². The lowest BCUT2D eigenvalue weighted by Crippen LogP contribution is -1.81. The molecule has 0 fully saturated rings. The number of furan rings is 1. The summed E-state index contributed by atoms with van der Waals surface area (Å²) in [5.41, 5.74) is 1.57. The molecule has 2 nitrogen and oxygen atoms in total. The monoisotopic (exact) mass is 227 g/mol. The van der Waals surface area contributed by atoms with Crippen molar-refractivity contribution in [1.82, 2.24) is 0 Å². The van der Waals surface area contributed by atoms with Crippen molar-refractivity contribution in [2.24, 2.45) is 0 Å². The van der Waals surface area contributed by atoms with E-state index in [-0.39, 0.29) is 0 Å². The van der Waals surface area contributed by atoms with Gasteiger partial charge in [0.25, 0.3) is 0 Å². The van der Waals surface area contributed by atoms with Gasteiger partial charge in [0.05, 0.1) is 11.6 Å². The Labute approximate surface area is 102 Å². The summed E-state index contributed by atoms with van der Waals surface area (Å²) in [4.78, 5) is 0. The summed E-state index contributed by atoms with van der Waals surface area (Å²) in [6.07, 6.45) is 5.98. The molecular weight excluding hydrogens is 210 g/mol. The maximum Gasteiger partial charge on any atom is 0.134 e. The van der Waals surface area contributed by atoms with Gasteiger partial charge in [-0.2, -0.15) is 5.26 Å². The number of rotatable bonds is 5. The molecular formula is C15H17NO. The second kappa shape index (κ2) is 5.54. The molecule has 0 bridgehead atoms. The summed E-state index contributed by atoms with van der Waals surface area (Å²) in [5.74, 6) is 1.03. The van der Waals surface area contributed by atoms with Crippen molar-refractivity contribution in [2.45, 2.75) is 39.0 Å². The van der Waals surface area contributed by atoms with Crippen LogP contribution in [0.15, 0.2) is 28.7 Å². The lowest BCUT2D eigenvalue weighted by atomic mass is 10.1. The maximum atomic E-state index is 8.82. The zero-order valence-corrected chi connectivity index (χ0v) is 10.2. The zero-order chi connectivity index (χ0) is 12.1. The summed E-state index contributed by atoms with van der Waals surface area (Å²) in [6, 6.07) is 9.76. The zero-order valence-electron chi connectivity index (χ0n) is 10.2. The summed E-state index contributed by atoms with van der Waals surface area (Å²) in [7, 11) is 0. The molecule has 0 aliphatic carbocycles. The highest BCUT2D eigenvalue weighted by molar-refractivity contribution is 5.79. The van der Waals surface area contributed by atoms with Crippen LogP contribution < -0.4 is 0 Å². The highest BCUT2D eigenvalue weighted by atomic mass is 16.3. The first-order valence-corrected chi connectivity index (χ1v) is 6.26. The molecule has 1 heterocycles. The van der Waals surface area contributed by atoms with Crippen LogP contribution in [0.25, 0.3) is 11.0 Å². The molecule has 88 valence electrons. The van der Waals surface area contributed by atoms with Crippen molar-refractivity contribution in [2.75, 3.05) is 0 Å². The molecule has 2 heteroatoms. The first-order valence-electron chi connectivity index (χ1n) is 6.26. The van der Waals surface area contributed by atoms with Gasteiger partial charge in [-0.25, -0.2) is 0 Å². The first kappa shape index (κ1) is 11.7. The largest absolute Gasteiger partial charge is 0.461 e. The van der Waals surface area contributed by atoms with Crippen LogP contribution in [0, 0.1) is 11.3 Å². The Morgan fingerprint density at radius 3 is 2.82 bits per heavy atom. The summed E-state index contributed by atoms with van der Waals surface area (Å²) >= 11 is 0. The average Bonchev–Trinajstić information content (AvgIpc) is 2.76. The Kier molecular flexibility index (Phi) is 3.82. The third kappa shape index (κ3) is 2.88. The number of nitriles is 1. The van der Waals surface area contributed by atoms with Gasteiger partial charge in [-0.1, -0.05) is 26.2 Å². The smallest absolute Gasteiger partial charge is 0.134 e. The van der Waals surface area contributed by atoms with E-state index in [1.807, 2.05) is 12.1 Å². The second-order valence-electron chi connectivity index (χ2n) is 4.39. The molecule has 0 unspecified atom stereocenters. The maximum absolute atomic E-state index is 8.82. The molecule has 2 aromatic rings. The van der Waals surface area contributed by atoms with Crippen LogP contribution in [0.1, 0.15) is 43.9 Å². The van der Waals surface area contributed by atoms with Crippen LogP contribution in [0.4, 0.5) is 0 Å². The Morgan fingerprint density at radius 1 is 1.18 bits per heavy atom. The molecule has 0 N–H and O–H groups in total. The van der Waals surface area contributed by atoms with Crippen molar-refractivity contribution in [3.8, 4) is 6.07 Å². The molecule has 0 saturated heterocycles. The molecule has 2 rings (SSSR count). The summed E-state index contributed by atoms with van der Waals surface area (Å²) < 4.78 is 5.74. The highest BCUT2D eigenvalue weighted by Gasteiger charge is 2.04. The van der Waals surface area contributed by atoms with Gasteiger partial charge in [-0.15, -0.1) is 0 Å². The van der Waals surface area contributed by atoms with Crippen LogP contribution in [0.5, 0.6) is 0 Å². The lowest BCUT2D eigenvalue weighted by Gasteiger charge is -1.95. The van der Waals surface area contributed by atoms with Gasteiger partial charge in [-0.05, 0) is 30.7 Å². The fraction of sp³-hybridized carbons (Fsp3) is 0.400. The van der Waals surface area contributed by atoms with Gasteiger partial charge >= 0.3 is 0 Å².